The zero-order valence-electron chi connectivity index (χ0n) is 41.7. The Morgan fingerprint density at radius 1 is 0.323 bits per heavy atom. The smallest absolute Gasteiger partial charge is 0.306 e. The number of ether oxygens (including phenoxy) is 3. The monoisotopic (exact) mass is 899 g/mol. The molecular weight excluding hydrogens is 805 g/mol. The number of esters is 3. The van der Waals surface area contributed by atoms with Gasteiger partial charge < -0.3 is 14.2 Å². The van der Waals surface area contributed by atoms with Crippen molar-refractivity contribution in [1.29, 1.82) is 0 Å². The third-order valence-corrected chi connectivity index (χ3v) is 10.4. The molecule has 0 spiro atoms. The van der Waals surface area contributed by atoms with Gasteiger partial charge in [0, 0.05) is 19.3 Å². The first-order valence-electron chi connectivity index (χ1n) is 26.0. The quantitative estimate of drug-likeness (QED) is 0.0262. The van der Waals surface area contributed by atoms with Gasteiger partial charge in [-0.2, -0.15) is 0 Å². The lowest BCUT2D eigenvalue weighted by Gasteiger charge is -2.18. The second-order valence-electron chi connectivity index (χ2n) is 16.7. The van der Waals surface area contributed by atoms with Gasteiger partial charge in [-0.3, -0.25) is 14.4 Å². The van der Waals surface area contributed by atoms with E-state index < -0.39 is 6.10 Å². The van der Waals surface area contributed by atoms with Gasteiger partial charge in [-0.25, -0.2) is 0 Å². The molecule has 0 aliphatic rings. The van der Waals surface area contributed by atoms with Crippen LogP contribution in [0.2, 0.25) is 0 Å². The van der Waals surface area contributed by atoms with Crippen LogP contribution in [0.3, 0.4) is 0 Å². The zero-order valence-corrected chi connectivity index (χ0v) is 41.7. The lowest BCUT2D eigenvalue weighted by molar-refractivity contribution is -0.166. The molecule has 0 N–H and O–H groups in total. The largest absolute Gasteiger partial charge is 0.462 e. The van der Waals surface area contributed by atoms with E-state index >= 15 is 0 Å². The van der Waals surface area contributed by atoms with Crippen LogP contribution in [0.5, 0.6) is 0 Å². The zero-order chi connectivity index (χ0) is 47.2. The molecule has 0 aromatic heterocycles. The highest BCUT2D eigenvalue weighted by Crippen LogP contribution is 2.12. The van der Waals surface area contributed by atoms with Crippen LogP contribution >= 0.6 is 0 Å². The Morgan fingerprint density at radius 3 is 1.03 bits per heavy atom. The fraction of sp³-hybridized carbons (Fsp3) is 0.610. The van der Waals surface area contributed by atoms with Crippen LogP contribution in [-0.2, 0) is 28.6 Å². The summed E-state index contributed by atoms with van der Waals surface area (Å²) < 4.78 is 16.7. The molecule has 0 heterocycles. The highest BCUT2D eigenvalue weighted by atomic mass is 16.6. The van der Waals surface area contributed by atoms with Crippen molar-refractivity contribution in [3.8, 4) is 0 Å². The normalized spacial score (nSPS) is 13.1. The molecular formula is C59H94O6. The van der Waals surface area contributed by atoms with E-state index in [1.807, 2.05) is 12.2 Å². The molecule has 0 radical (unpaired) electrons. The summed E-state index contributed by atoms with van der Waals surface area (Å²) in [7, 11) is 0. The number of carbonyl (C=O) groups is 3. The van der Waals surface area contributed by atoms with Gasteiger partial charge in [-0.15, -0.1) is 0 Å². The first-order chi connectivity index (χ1) is 32.0. The van der Waals surface area contributed by atoms with E-state index in [0.29, 0.717) is 12.8 Å². The van der Waals surface area contributed by atoms with Crippen molar-refractivity contribution < 1.29 is 28.6 Å². The standard InChI is InChI=1S/C59H94O6/c1-4-7-10-13-16-19-22-25-28-29-30-31-32-35-37-40-43-46-49-52-58(61)64-55-56(65-59(62)53-50-47-44-41-38-34-27-24-21-18-15-12-9-6-3)54-63-57(60)51-48-45-42-39-36-33-26-23-20-17-14-11-8-5-2/h7,10,14-19,23-28,30-31,35,37,43,46,56H,4-6,8-9,11-13,20-22,29,32-34,36,38-42,44-45,47-55H2,1-3H3/b10-7+,17-14+,18-15+,19-16+,26-23+,27-24+,28-25+,31-30+,37-35+,46-43+/t56-/m1/s1. The minimum atomic E-state index is -0.825. The number of carbonyl (C=O) groups excluding carboxylic acids is 3. The molecule has 0 aliphatic heterocycles. The Hall–Kier alpha value is -4.19. The minimum Gasteiger partial charge on any atom is -0.462 e. The third-order valence-electron chi connectivity index (χ3n) is 10.4. The molecule has 0 amide bonds. The second-order valence-corrected chi connectivity index (χ2v) is 16.7. The summed E-state index contributed by atoms with van der Waals surface area (Å²) in [6, 6.07) is 0. The first-order valence-corrected chi connectivity index (χ1v) is 26.0. The Balaban J connectivity index is 4.56. The van der Waals surface area contributed by atoms with Crippen molar-refractivity contribution in [1.82, 2.24) is 0 Å². The number of unbranched alkanes of at least 4 members (excludes halogenated alkanes) is 14. The summed E-state index contributed by atoms with van der Waals surface area (Å²) in [5.41, 5.74) is 0. The van der Waals surface area contributed by atoms with Crippen LogP contribution < -0.4 is 0 Å². The fourth-order valence-corrected chi connectivity index (χ4v) is 6.50. The van der Waals surface area contributed by atoms with E-state index in [1.54, 1.807) is 0 Å². The van der Waals surface area contributed by atoms with Crippen molar-refractivity contribution in [3.63, 3.8) is 0 Å². The van der Waals surface area contributed by atoms with Gasteiger partial charge in [0.15, 0.2) is 6.10 Å². The number of hydrogen-bond donors (Lipinski definition) is 0. The molecule has 0 aromatic rings. The molecule has 0 unspecified atom stereocenters. The van der Waals surface area contributed by atoms with Crippen LogP contribution in [-0.4, -0.2) is 37.2 Å². The lowest BCUT2D eigenvalue weighted by atomic mass is 10.1. The van der Waals surface area contributed by atoms with Crippen molar-refractivity contribution in [2.24, 2.45) is 0 Å². The van der Waals surface area contributed by atoms with Crippen LogP contribution in [0, 0.1) is 0 Å². The molecule has 0 saturated carbocycles. The molecule has 0 rings (SSSR count). The van der Waals surface area contributed by atoms with Crippen LogP contribution in [0.4, 0.5) is 0 Å². The number of hydrogen-bond acceptors (Lipinski definition) is 6. The fourth-order valence-electron chi connectivity index (χ4n) is 6.50. The van der Waals surface area contributed by atoms with Gasteiger partial charge >= 0.3 is 17.9 Å². The third kappa shape index (κ3) is 50.7. The van der Waals surface area contributed by atoms with E-state index in [0.717, 1.165) is 128 Å². The first kappa shape index (κ1) is 60.8. The summed E-state index contributed by atoms with van der Waals surface area (Å²) in [6.07, 6.45) is 71.9. The second kappa shape index (κ2) is 52.4. The van der Waals surface area contributed by atoms with Crippen molar-refractivity contribution in [2.75, 3.05) is 13.2 Å². The average molecular weight is 899 g/mol. The minimum absolute atomic E-state index is 0.118. The van der Waals surface area contributed by atoms with Gasteiger partial charge in [-0.05, 0) is 109 Å². The van der Waals surface area contributed by atoms with Gasteiger partial charge in [0.2, 0.25) is 0 Å². The summed E-state index contributed by atoms with van der Waals surface area (Å²) in [5.74, 6) is -1.04. The molecule has 65 heavy (non-hydrogen) atoms. The molecule has 0 saturated heterocycles. The SMILES string of the molecule is CC/C=C/C/C=C/C/C=C/C/C=C/C/C=C/C/C=C/CCC(=O)OC[C@@H](COC(=O)CCCCCCC/C=C/C/C=C/CCCC)OC(=O)CCCCCCC/C=C/C/C=C/CCCC. The van der Waals surface area contributed by atoms with Crippen molar-refractivity contribution >= 4 is 17.9 Å². The number of rotatable bonds is 45. The van der Waals surface area contributed by atoms with Gasteiger partial charge in [0.05, 0.1) is 0 Å². The number of allylic oxidation sites excluding steroid dienone is 20. The molecule has 0 fully saturated rings. The Labute approximate surface area is 399 Å². The maximum Gasteiger partial charge on any atom is 0.306 e. The maximum atomic E-state index is 12.8. The molecule has 6 nitrogen and oxygen atoms in total. The molecule has 0 aliphatic carbocycles. The molecule has 0 aromatic carbocycles. The summed E-state index contributed by atoms with van der Waals surface area (Å²) in [5, 5.41) is 0. The van der Waals surface area contributed by atoms with Crippen molar-refractivity contribution in [2.45, 2.75) is 219 Å². The van der Waals surface area contributed by atoms with Crippen molar-refractivity contribution in [3.05, 3.63) is 122 Å². The Morgan fingerprint density at radius 2 is 0.631 bits per heavy atom. The Bertz CT molecular complexity index is 1400. The topological polar surface area (TPSA) is 78.9 Å². The van der Waals surface area contributed by atoms with E-state index in [-0.39, 0.29) is 44.0 Å². The average Bonchev–Trinajstić information content (AvgIpc) is 3.30. The van der Waals surface area contributed by atoms with E-state index in [9.17, 15) is 14.4 Å². The summed E-state index contributed by atoms with van der Waals surface area (Å²) in [4.78, 5) is 38.0. The van der Waals surface area contributed by atoms with E-state index in [2.05, 4.69) is 130 Å². The molecule has 0 bridgehead atoms. The predicted octanol–water partition coefficient (Wildman–Crippen LogP) is 17.3. The van der Waals surface area contributed by atoms with Gasteiger partial charge in [0.1, 0.15) is 13.2 Å². The lowest BCUT2D eigenvalue weighted by Crippen LogP contribution is -2.30. The van der Waals surface area contributed by atoms with Gasteiger partial charge in [-0.1, -0.05) is 206 Å². The molecule has 366 valence electrons. The predicted molar refractivity (Wildman–Crippen MR) is 279 cm³/mol. The molecule has 6 heteroatoms. The summed E-state index contributed by atoms with van der Waals surface area (Å²) >= 11 is 0. The Kier molecular flexibility index (Phi) is 49.1. The summed E-state index contributed by atoms with van der Waals surface area (Å²) in [6.45, 7) is 6.33. The van der Waals surface area contributed by atoms with Crippen LogP contribution in [0.25, 0.3) is 0 Å². The van der Waals surface area contributed by atoms with Crippen LogP contribution in [0.15, 0.2) is 122 Å². The van der Waals surface area contributed by atoms with E-state index in [1.165, 1.54) is 38.5 Å². The highest BCUT2D eigenvalue weighted by Gasteiger charge is 2.19. The van der Waals surface area contributed by atoms with Gasteiger partial charge in [0.25, 0.3) is 0 Å². The molecule has 1 atom stereocenters. The maximum absolute atomic E-state index is 12.8. The highest BCUT2D eigenvalue weighted by molar-refractivity contribution is 5.71. The van der Waals surface area contributed by atoms with Crippen LogP contribution in [0.1, 0.15) is 213 Å². The van der Waals surface area contributed by atoms with E-state index in [4.69, 9.17) is 14.2 Å².